The van der Waals surface area contributed by atoms with E-state index in [4.69, 9.17) is 5.73 Å². The lowest BCUT2D eigenvalue weighted by molar-refractivity contribution is 0.0913. The summed E-state index contributed by atoms with van der Waals surface area (Å²) in [5.41, 5.74) is 5.56. The number of anilines is 1. The van der Waals surface area contributed by atoms with Crippen LogP contribution in [0.3, 0.4) is 0 Å². The molecule has 1 heterocycles. The van der Waals surface area contributed by atoms with Crippen LogP contribution in [0.4, 0.5) is 5.82 Å². The van der Waals surface area contributed by atoms with Crippen molar-refractivity contribution in [1.29, 1.82) is 0 Å². The third-order valence-corrected chi connectivity index (χ3v) is 3.78. The minimum absolute atomic E-state index is 0.0562. The zero-order chi connectivity index (χ0) is 11.1. The fourth-order valence-electron chi connectivity index (χ4n) is 3.01. The molecule has 3 atom stereocenters. The molecule has 2 aliphatic rings. The molecular weight excluding hydrogens is 208 g/mol. The molecule has 3 rings (SSSR count). The molecule has 0 aliphatic heterocycles. The molecule has 0 spiro atoms. The molecule has 86 valence electrons. The number of nitrogens with two attached hydrogens (primary N) is 1. The summed E-state index contributed by atoms with van der Waals surface area (Å²) in [4.78, 5) is 11.8. The Bertz CT molecular complexity index is 417. The van der Waals surface area contributed by atoms with Gasteiger partial charge in [0.15, 0.2) is 0 Å². The number of hydrogen-bond acceptors (Lipinski definition) is 5. The number of nitrogens with one attached hydrogen (secondary N) is 1. The van der Waals surface area contributed by atoms with Gasteiger partial charge in [0.25, 0.3) is 5.91 Å². The second kappa shape index (κ2) is 3.47. The van der Waals surface area contributed by atoms with Gasteiger partial charge in [0.1, 0.15) is 0 Å². The van der Waals surface area contributed by atoms with Gasteiger partial charge in [-0.3, -0.25) is 4.79 Å². The molecule has 0 aromatic carbocycles. The molecule has 3 unspecified atom stereocenters. The van der Waals surface area contributed by atoms with E-state index < -0.39 is 0 Å². The zero-order valence-electron chi connectivity index (χ0n) is 8.85. The van der Waals surface area contributed by atoms with Gasteiger partial charge < -0.3 is 11.1 Å². The van der Waals surface area contributed by atoms with E-state index >= 15 is 0 Å². The first kappa shape index (κ1) is 9.62. The highest BCUT2D eigenvalue weighted by Gasteiger charge is 2.40. The maximum Gasteiger partial charge on any atom is 0.277 e. The standard InChI is InChI=1S/C10H14N4O2/c11-9-8(13-16-14-9)10(15)12-7-4-5-1-2-6(7)3-5/h5-7H,1-4H2,(H2,11,14)(H,12,15). The van der Waals surface area contributed by atoms with Crippen LogP contribution in [0.15, 0.2) is 4.63 Å². The molecule has 2 bridgehead atoms. The van der Waals surface area contributed by atoms with Crippen molar-refractivity contribution < 1.29 is 9.42 Å². The van der Waals surface area contributed by atoms with Crippen LogP contribution < -0.4 is 11.1 Å². The van der Waals surface area contributed by atoms with E-state index in [-0.39, 0.29) is 23.5 Å². The average Bonchev–Trinajstić information content (AvgIpc) is 2.92. The Hall–Kier alpha value is -1.59. The Morgan fingerprint density at radius 2 is 2.25 bits per heavy atom. The van der Waals surface area contributed by atoms with Crippen LogP contribution in [-0.2, 0) is 0 Å². The predicted molar refractivity (Wildman–Crippen MR) is 55.4 cm³/mol. The fourth-order valence-corrected chi connectivity index (χ4v) is 3.01. The summed E-state index contributed by atoms with van der Waals surface area (Å²) >= 11 is 0. The molecule has 1 aromatic heterocycles. The van der Waals surface area contributed by atoms with Gasteiger partial charge in [-0.05, 0) is 41.4 Å². The van der Waals surface area contributed by atoms with E-state index in [9.17, 15) is 4.79 Å². The monoisotopic (exact) mass is 222 g/mol. The maximum atomic E-state index is 11.8. The second-order valence-corrected chi connectivity index (χ2v) is 4.75. The van der Waals surface area contributed by atoms with Crippen molar-refractivity contribution in [3.05, 3.63) is 5.69 Å². The minimum Gasteiger partial charge on any atom is -0.379 e. The van der Waals surface area contributed by atoms with E-state index in [1.54, 1.807) is 0 Å². The van der Waals surface area contributed by atoms with Gasteiger partial charge in [-0.1, -0.05) is 6.42 Å². The van der Waals surface area contributed by atoms with Crippen molar-refractivity contribution >= 4 is 11.7 Å². The van der Waals surface area contributed by atoms with Gasteiger partial charge in [-0.2, -0.15) is 0 Å². The molecule has 0 radical (unpaired) electrons. The Morgan fingerprint density at radius 3 is 2.81 bits per heavy atom. The summed E-state index contributed by atoms with van der Waals surface area (Å²) in [5, 5.41) is 9.86. The number of nitrogen functional groups attached to an aromatic ring is 1. The number of amides is 1. The lowest BCUT2D eigenvalue weighted by Gasteiger charge is -2.22. The van der Waals surface area contributed by atoms with Gasteiger partial charge in [0.2, 0.25) is 11.5 Å². The molecule has 1 amide bonds. The van der Waals surface area contributed by atoms with Crippen LogP contribution in [0.5, 0.6) is 0 Å². The maximum absolute atomic E-state index is 11.8. The number of nitrogens with zero attached hydrogens (tertiary/aromatic N) is 2. The molecule has 3 N–H and O–H groups in total. The topological polar surface area (TPSA) is 94.0 Å². The third-order valence-electron chi connectivity index (χ3n) is 3.78. The lowest BCUT2D eigenvalue weighted by Crippen LogP contribution is -2.38. The first-order valence-corrected chi connectivity index (χ1v) is 5.63. The van der Waals surface area contributed by atoms with Crippen LogP contribution in [-0.4, -0.2) is 22.3 Å². The SMILES string of the molecule is Nc1nonc1C(=O)NC1CC2CCC1C2. The highest BCUT2D eigenvalue weighted by molar-refractivity contribution is 5.96. The summed E-state index contributed by atoms with van der Waals surface area (Å²) in [6.45, 7) is 0. The Kier molecular flexibility index (Phi) is 2.08. The van der Waals surface area contributed by atoms with Crippen molar-refractivity contribution in [3.8, 4) is 0 Å². The van der Waals surface area contributed by atoms with Crippen molar-refractivity contribution in [3.63, 3.8) is 0 Å². The highest BCUT2D eigenvalue weighted by atomic mass is 16.6. The van der Waals surface area contributed by atoms with Gasteiger partial charge in [0, 0.05) is 6.04 Å². The molecule has 2 fully saturated rings. The first-order chi connectivity index (χ1) is 7.74. The van der Waals surface area contributed by atoms with Gasteiger partial charge >= 0.3 is 0 Å². The summed E-state index contributed by atoms with van der Waals surface area (Å²) in [6, 6.07) is 0.280. The predicted octanol–water partition coefficient (Wildman–Crippen LogP) is 0.570. The smallest absolute Gasteiger partial charge is 0.277 e. The van der Waals surface area contributed by atoms with E-state index in [0.29, 0.717) is 5.92 Å². The number of aromatic nitrogens is 2. The molecule has 2 aliphatic carbocycles. The molecule has 16 heavy (non-hydrogen) atoms. The Balaban J connectivity index is 1.67. The van der Waals surface area contributed by atoms with Crippen LogP contribution in [0, 0.1) is 11.8 Å². The number of fused-ring (bicyclic) bond motifs is 2. The summed E-state index contributed by atoms with van der Waals surface area (Å²) in [6.07, 6.45) is 4.87. The van der Waals surface area contributed by atoms with E-state index in [0.717, 1.165) is 12.3 Å². The van der Waals surface area contributed by atoms with Crippen LogP contribution in [0.2, 0.25) is 0 Å². The van der Waals surface area contributed by atoms with E-state index in [1.807, 2.05) is 0 Å². The van der Waals surface area contributed by atoms with Gasteiger partial charge in [-0.15, -0.1) is 0 Å². The van der Waals surface area contributed by atoms with E-state index in [2.05, 4.69) is 20.3 Å². The quantitative estimate of drug-likeness (QED) is 0.762. The van der Waals surface area contributed by atoms with Gasteiger partial charge in [-0.25, -0.2) is 4.63 Å². The van der Waals surface area contributed by atoms with Crippen molar-refractivity contribution in [2.75, 3.05) is 5.73 Å². The third kappa shape index (κ3) is 1.45. The molecule has 1 aromatic rings. The normalized spacial score (nSPS) is 31.9. The number of rotatable bonds is 2. The zero-order valence-corrected chi connectivity index (χ0v) is 8.85. The van der Waals surface area contributed by atoms with E-state index in [1.165, 1.54) is 19.3 Å². The lowest BCUT2D eigenvalue weighted by atomic mass is 9.95. The first-order valence-electron chi connectivity index (χ1n) is 5.63. The largest absolute Gasteiger partial charge is 0.379 e. The Morgan fingerprint density at radius 1 is 1.38 bits per heavy atom. The molecule has 6 nitrogen and oxygen atoms in total. The molecule has 0 saturated heterocycles. The summed E-state index contributed by atoms with van der Waals surface area (Å²) < 4.78 is 4.41. The molecule has 2 saturated carbocycles. The van der Waals surface area contributed by atoms with Crippen LogP contribution in [0.1, 0.15) is 36.2 Å². The molecule has 6 heteroatoms. The minimum atomic E-state index is -0.267. The Labute approximate surface area is 92.5 Å². The van der Waals surface area contributed by atoms with Crippen LogP contribution in [0.25, 0.3) is 0 Å². The van der Waals surface area contributed by atoms with Gasteiger partial charge in [0.05, 0.1) is 0 Å². The average molecular weight is 222 g/mol. The van der Waals surface area contributed by atoms with Crippen molar-refractivity contribution in [1.82, 2.24) is 15.6 Å². The molecular formula is C10H14N4O2. The number of hydrogen-bond donors (Lipinski definition) is 2. The van der Waals surface area contributed by atoms with Crippen LogP contribution >= 0.6 is 0 Å². The summed E-state index contributed by atoms with van der Waals surface area (Å²) in [5.74, 6) is 1.22. The number of carbonyl (C=O) groups excluding carboxylic acids is 1. The highest BCUT2D eigenvalue weighted by Crippen LogP contribution is 2.44. The fraction of sp³-hybridized carbons (Fsp3) is 0.700. The van der Waals surface area contributed by atoms with Crippen molar-refractivity contribution in [2.45, 2.75) is 31.7 Å². The summed E-state index contributed by atoms with van der Waals surface area (Å²) in [7, 11) is 0. The van der Waals surface area contributed by atoms with Crippen molar-refractivity contribution in [2.24, 2.45) is 11.8 Å². The second-order valence-electron chi connectivity index (χ2n) is 4.75. The number of carbonyl (C=O) groups is 1.